The maximum atomic E-state index is 12.4. The summed E-state index contributed by atoms with van der Waals surface area (Å²) in [5.41, 5.74) is 2.88. The molecule has 1 saturated heterocycles. The van der Waals surface area contributed by atoms with Crippen LogP contribution in [-0.2, 0) is 0 Å². The highest BCUT2D eigenvalue weighted by atomic mass is 79.9. The van der Waals surface area contributed by atoms with Crippen LogP contribution in [0.4, 0.5) is 10.5 Å². The average Bonchev–Trinajstić information content (AvgIpc) is 3.24. The molecule has 2 aromatic heterocycles. The molecule has 2 amide bonds. The summed E-state index contributed by atoms with van der Waals surface area (Å²) in [5.74, 6) is 0.913. The van der Waals surface area contributed by atoms with Gasteiger partial charge in [-0.25, -0.2) is 14.8 Å². The molecule has 3 heterocycles. The van der Waals surface area contributed by atoms with E-state index in [0.29, 0.717) is 30.5 Å². The fourth-order valence-corrected chi connectivity index (χ4v) is 3.46. The summed E-state index contributed by atoms with van der Waals surface area (Å²) in [7, 11) is 0. The Morgan fingerprint density at radius 3 is 2.90 bits per heavy atom. The molecule has 9 heteroatoms. The van der Waals surface area contributed by atoms with E-state index in [-0.39, 0.29) is 11.9 Å². The van der Waals surface area contributed by atoms with Gasteiger partial charge in [-0.1, -0.05) is 35.9 Å². The second-order valence-electron chi connectivity index (χ2n) is 7.02. The molecule has 0 aliphatic carbocycles. The van der Waals surface area contributed by atoms with E-state index >= 15 is 0 Å². The number of urea groups is 1. The van der Waals surface area contributed by atoms with Crippen LogP contribution in [0.1, 0.15) is 18.9 Å². The molecule has 8 nitrogen and oxygen atoms in total. The predicted molar refractivity (Wildman–Crippen MR) is 115 cm³/mol. The number of amides is 2. The lowest BCUT2D eigenvalue weighted by Gasteiger charge is -2.33. The molecule has 4 rings (SSSR count). The minimum atomic E-state index is -0.144. The fraction of sp³-hybridized carbons (Fsp3) is 0.238. The van der Waals surface area contributed by atoms with E-state index in [1.165, 1.54) is 18.0 Å². The number of nitrogens with zero attached hydrogens (tertiary/aromatic N) is 4. The van der Waals surface area contributed by atoms with Gasteiger partial charge in [0, 0.05) is 25.5 Å². The van der Waals surface area contributed by atoms with E-state index in [4.69, 9.17) is 9.26 Å². The lowest BCUT2D eigenvalue weighted by atomic mass is 9.91. The van der Waals surface area contributed by atoms with Crippen molar-refractivity contribution in [2.75, 3.05) is 18.4 Å². The Balaban J connectivity index is 1.40. The van der Waals surface area contributed by atoms with Crippen molar-refractivity contribution in [3.05, 3.63) is 64.7 Å². The van der Waals surface area contributed by atoms with Gasteiger partial charge in [-0.3, -0.25) is 0 Å². The number of halogens is 1. The third-order valence-corrected chi connectivity index (χ3v) is 5.19. The summed E-state index contributed by atoms with van der Waals surface area (Å²) in [5, 5.41) is 6.38. The highest BCUT2D eigenvalue weighted by Gasteiger charge is 2.24. The molecule has 0 saturated carbocycles. The van der Waals surface area contributed by atoms with Crippen LogP contribution in [0.2, 0.25) is 0 Å². The van der Waals surface area contributed by atoms with Gasteiger partial charge in [-0.15, -0.1) is 0 Å². The first kappa shape index (κ1) is 20.1. The van der Waals surface area contributed by atoms with Crippen LogP contribution in [0.15, 0.2) is 63.7 Å². The normalized spacial score (nSPS) is 17.7. The zero-order valence-corrected chi connectivity index (χ0v) is 17.9. The van der Waals surface area contributed by atoms with Gasteiger partial charge in [0.05, 0.1) is 10.7 Å². The largest absolute Gasteiger partial charge is 0.424 e. The van der Waals surface area contributed by atoms with Gasteiger partial charge in [0.1, 0.15) is 17.7 Å². The maximum Gasteiger partial charge on any atom is 0.322 e. The molecule has 0 spiro atoms. The molecule has 1 aliphatic rings. The molecule has 1 aromatic carbocycles. The third-order valence-electron chi connectivity index (χ3n) is 4.78. The number of anilines is 1. The summed E-state index contributed by atoms with van der Waals surface area (Å²) in [6, 6.07) is 7.94. The monoisotopic (exact) mass is 469 g/mol. The van der Waals surface area contributed by atoms with E-state index in [2.05, 4.69) is 49.4 Å². The number of hydrogen-bond donors (Lipinski definition) is 1. The van der Waals surface area contributed by atoms with E-state index in [0.717, 1.165) is 16.5 Å². The van der Waals surface area contributed by atoms with Gasteiger partial charge >= 0.3 is 12.0 Å². The van der Waals surface area contributed by atoms with E-state index in [1.807, 2.05) is 24.3 Å². The quantitative estimate of drug-likeness (QED) is 0.579. The summed E-state index contributed by atoms with van der Waals surface area (Å²) in [6.45, 7) is 3.42. The van der Waals surface area contributed by atoms with Gasteiger partial charge in [0.15, 0.2) is 0 Å². The molecule has 1 N–H and O–H groups in total. The van der Waals surface area contributed by atoms with Crippen LogP contribution in [0.25, 0.3) is 6.08 Å². The fourth-order valence-electron chi connectivity index (χ4n) is 3.26. The van der Waals surface area contributed by atoms with Crippen LogP contribution in [0, 0.1) is 5.92 Å². The second kappa shape index (κ2) is 9.08. The van der Waals surface area contributed by atoms with E-state index in [1.54, 1.807) is 17.3 Å². The highest BCUT2D eigenvalue weighted by molar-refractivity contribution is 9.10. The Morgan fingerprint density at radius 1 is 1.33 bits per heavy atom. The standard InChI is InChI=1S/C21H20BrN5O3/c1-14-12-27(21(28)26-18-11-25-29-13-18)6-5-16(14)7-15-3-2-4-19(8-15)30-20-23-9-17(22)10-24-20/h2-4,7-11,13-14H,5-6,12H2,1H3,(H,26,28)/b16-7+. The lowest BCUT2D eigenvalue weighted by molar-refractivity contribution is 0.198. The summed E-state index contributed by atoms with van der Waals surface area (Å²) in [4.78, 5) is 22.5. The van der Waals surface area contributed by atoms with Gasteiger partial charge in [-0.05, 0) is 46.0 Å². The second-order valence-corrected chi connectivity index (χ2v) is 7.93. The Hall–Kier alpha value is -3.20. The van der Waals surface area contributed by atoms with Crippen LogP contribution < -0.4 is 10.1 Å². The molecular weight excluding hydrogens is 450 g/mol. The zero-order valence-electron chi connectivity index (χ0n) is 16.3. The summed E-state index contributed by atoms with van der Waals surface area (Å²) < 4.78 is 11.3. The first-order valence-electron chi connectivity index (χ1n) is 9.48. The van der Waals surface area contributed by atoms with Crippen LogP contribution in [-0.4, -0.2) is 39.1 Å². The van der Waals surface area contributed by atoms with Crippen molar-refractivity contribution in [3.8, 4) is 11.8 Å². The minimum absolute atomic E-state index is 0.144. The molecule has 1 unspecified atom stereocenters. The molecule has 30 heavy (non-hydrogen) atoms. The lowest BCUT2D eigenvalue weighted by Crippen LogP contribution is -2.42. The topological polar surface area (TPSA) is 93.4 Å². The molecular formula is C21H20BrN5O3. The first-order valence-corrected chi connectivity index (χ1v) is 10.3. The van der Waals surface area contributed by atoms with E-state index < -0.39 is 0 Å². The van der Waals surface area contributed by atoms with Crippen molar-refractivity contribution < 1.29 is 14.1 Å². The zero-order chi connectivity index (χ0) is 20.9. The minimum Gasteiger partial charge on any atom is -0.424 e. The Kier molecular flexibility index (Phi) is 6.08. The van der Waals surface area contributed by atoms with Crippen LogP contribution in [0.3, 0.4) is 0 Å². The number of hydrogen-bond acceptors (Lipinski definition) is 6. The summed E-state index contributed by atoms with van der Waals surface area (Å²) >= 11 is 3.31. The third kappa shape index (κ3) is 5.04. The number of nitrogens with one attached hydrogen (secondary N) is 1. The number of piperidine rings is 1. The molecule has 1 atom stereocenters. The van der Waals surface area contributed by atoms with Gasteiger partial charge < -0.3 is 19.5 Å². The highest BCUT2D eigenvalue weighted by Crippen LogP contribution is 2.27. The number of rotatable bonds is 4. The molecule has 1 aliphatic heterocycles. The van der Waals surface area contributed by atoms with Gasteiger partial charge in [-0.2, -0.15) is 0 Å². The predicted octanol–water partition coefficient (Wildman–Crippen LogP) is 4.98. The number of ether oxygens (including phenoxy) is 1. The smallest absolute Gasteiger partial charge is 0.322 e. The van der Waals surface area contributed by atoms with Crippen molar-refractivity contribution in [2.45, 2.75) is 13.3 Å². The average molecular weight is 470 g/mol. The number of carbonyl (C=O) groups is 1. The summed E-state index contributed by atoms with van der Waals surface area (Å²) in [6.07, 6.45) is 9.13. The number of carbonyl (C=O) groups excluding carboxylic acids is 1. The van der Waals surface area contributed by atoms with Crippen molar-refractivity contribution in [2.24, 2.45) is 5.92 Å². The van der Waals surface area contributed by atoms with Gasteiger partial charge in [0.2, 0.25) is 0 Å². The van der Waals surface area contributed by atoms with Crippen LogP contribution >= 0.6 is 15.9 Å². The number of aromatic nitrogens is 3. The van der Waals surface area contributed by atoms with Gasteiger partial charge in [0.25, 0.3) is 0 Å². The molecule has 0 bridgehead atoms. The number of likely N-dealkylation sites (tertiary alicyclic amines) is 1. The molecule has 1 fully saturated rings. The Bertz CT molecular complexity index is 1040. The van der Waals surface area contributed by atoms with Crippen molar-refractivity contribution in [3.63, 3.8) is 0 Å². The Morgan fingerprint density at radius 2 is 2.17 bits per heavy atom. The van der Waals surface area contributed by atoms with Crippen molar-refractivity contribution >= 4 is 33.7 Å². The Labute approximate surface area is 182 Å². The van der Waals surface area contributed by atoms with E-state index in [9.17, 15) is 4.79 Å². The molecule has 154 valence electrons. The van der Waals surface area contributed by atoms with Crippen LogP contribution in [0.5, 0.6) is 11.8 Å². The van der Waals surface area contributed by atoms with Crippen molar-refractivity contribution in [1.29, 1.82) is 0 Å². The first-order chi connectivity index (χ1) is 14.6. The number of benzene rings is 1. The SMILES string of the molecule is CC1CN(C(=O)Nc2cnoc2)CC/C1=C\c1cccc(Oc2ncc(Br)cn2)c1. The van der Waals surface area contributed by atoms with Crippen molar-refractivity contribution in [1.82, 2.24) is 20.0 Å². The molecule has 3 aromatic rings. The maximum absolute atomic E-state index is 12.4. The molecule has 0 radical (unpaired) electrons.